The average molecular weight is 459 g/mol. The molecule has 0 aliphatic rings. The zero-order valence-electron chi connectivity index (χ0n) is 16.6. The first-order valence-corrected chi connectivity index (χ1v) is 10.8. The summed E-state index contributed by atoms with van der Waals surface area (Å²) in [7, 11) is -2.65. The quantitative estimate of drug-likeness (QED) is 0.440. The summed E-state index contributed by atoms with van der Waals surface area (Å²) >= 11 is 0. The van der Waals surface area contributed by atoms with Gasteiger partial charge in [-0.25, -0.2) is 18.4 Å². The maximum absolute atomic E-state index is 13.3. The van der Waals surface area contributed by atoms with Gasteiger partial charge in [-0.05, 0) is 60.7 Å². The molecule has 4 aromatic rings. The van der Waals surface area contributed by atoms with Crippen molar-refractivity contribution in [2.75, 3.05) is 12.4 Å². The van der Waals surface area contributed by atoms with E-state index in [9.17, 15) is 21.6 Å². The van der Waals surface area contributed by atoms with E-state index in [1.54, 1.807) is 24.3 Å². The standard InChI is InChI=1S/C22H16F3N3O3S/c1-31-16-10-12-17(13-11-16)32(29,30)21-20(27-18-4-2-3-5-19(18)28-21)26-15-8-6-14(7-9-15)22(23,24)25/h2-13H,1H3,(H,26,27). The summed E-state index contributed by atoms with van der Waals surface area (Å²) in [5.74, 6) is 0.385. The van der Waals surface area contributed by atoms with Crippen molar-refractivity contribution in [1.82, 2.24) is 9.97 Å². The van der Waals surface area contributed by atoms with E-state index in [1.165, 1.54) is 43.5 Å². The number of nitrogens with zero attached hydrogens (tertiary/aromatic N) is 2. The Balaban J connectivity index is 1.81. The highest BCUT2D eigenvalue weighted by Crippen LogP contribution is 2.32. The molecule has 1 heterocycles. The van der Waals surface area contributed by atoms with Gasteiger partial charge in [-0.2, -0.15) is 13.2 Å². The van der Waals surface area contributed by atoms with E-state index < -0.39 is 21.6 Å². The first-order chi connectivity index (χ1) is 15.2. The third-order valence-corrected chi connectivity index (χ3v) is 6.32. The van der Waals surface area contributed by atoms with Gasteiger partial charge < -0.3 is 10.1 Å². The van der Waals surface area contributed by atoms with Gasteiger partial charge in [0.05, 0.1) is 28.6 Å². The molecular formula is C22H16F3N3O3S. The van der Waals surface area contributed by atoms with Crippen molar-refractivity contribution < 1.29 is 26.3 Å². The average Bonchev–Trinajstić information content (AvgIpc) is 2.78. The normalized spacial score (nSPS) is 12.0. The van der Waals surface area contributed by atoms with Crippen LogP contribution in [0, 0.1) is 0 Å². The summed E-state index contributed by atoms with van der Waals surface area (Å²) in [4.78, 5) is 8.63. The van der Waals surface area contributed by atoms with Crippen molar-refractivity contribution in [1.29, 1.82) is 0 Å². The Morgan fingerprint density at radius 2 is 1.44 bits per heavy atom. The molecular weight excluding hydrogens is 443 g/mol. The van der Waals surface area contributed by atoms with Crippen molar-refractivity contribution in [3.8, 4) is 5.75 Å². The first kappa shape index (κ1) is 21.6. The third kappa shape index (κ3) is 4.22. The molecule has 0 saturated carbocycles. The number of benzene rings is 3. The summed E-state index contributed by atoms with van der Waals surface area (Å²) in [5, 5.41) is 2.45. The van der Waals surface area contributed by atoms with Crippen LogP contribution in [0.2, 0.25) is 0 Å². The molecule has 6 nitrogen and oxygen atoms in total. The molecule has 32 heavy (non-hydrogen) atoms. The van der Waals surface area contributed by atoms with Crippen molar-refractivity contribution in [2.24, 2.45) is 0 Å². The number of para-hydroxylation sites is 2. The number of rotatable bonds is 5. The Hall–Kier alpha value is -3.66. The fourth-order valence-electron chi connectivity index (χ4n) is 3.00. The second kappa shape index (κ2) is 8.12. The van der Waals surface area contributed by atoms with Crippen molar-refractivity contribution in [3.05, 3.63) is 78.4 Å². The van der Waals surface area contributed by atoms with Gasteiger partial charge in [0.15, 0.2) is 5.82 Å². The van der Waals surface area contributed by atoms with Gasteiger partial charge >= 0.3 is 6.18 Å². The summed E-state index contributed by atoms with van der Waals surface area (Å²) in [6.45, 7) is 0. The number of alkyl halides is 3. The van der Waals surface area contributed by atoms with E-state index in [2.05, 4.69) is 15.3 Å². The smallest absolute Gasteiger partial charge is 0.416 e. The highest BCUT2D eigenvalue weighted by atomic mass is 32.2. The largest absolute Gasteiger partial charge is 0.497 e. The molecule has 0 atom stereocenters. The molecule has 1 aromatic heterocycles. The molecule has 0 spiro atoms. The van der Waals surface area contributed by atoms with Gasteiger partial charge in [-0.15, -0.1) is 0 Å². The molecule has 0 bridgehead atoms. The number of sulfone groups is 1. The molecule has 3 aromatic carbocycles. The lowest BCUT2D eigenvalue weighted by Crippen LogP contribution is -2.10. The lowest BCUT2D eigenvalue weighted by atomic mass is 10.2. The van der Waals surface area contributed by atoms with Crippen LogP contribution in [0.3, 0.4) is 0 Å². The Kier molecular flexibility index (Phi) is 5.47. The summed E-state index contributed by atoms with van der Waals surface area (Å²) in [6.07, 6.45) is -4.48. The number of fused-ring (bicyclic) bond motifs is 1. The third-order valence-electron chi connectivity index (χ3n) is 4.64. The van der Waals surface area contributed by atoms with Crippen LogP contribution in [0.4, 0.5) is 24.7 Å². The van der Waals surface area contributed by atoms with E-state index in [0.29, 0.717) is 16.8 Å². The number of nitrogens with one attached hydrogen (secondary N) is 1. The van der Waals surface area contributed by atoms with Crippen LogP contribution in [0.1, 0.15) is 5.56 Å². The van der Waals surface area contributed by atoms with Crippen LogP contribution in [0.15, 0.2) is 82.7 Å². The molecule has 0 aliphatic heterocycles. The molecule has 0 unspecified atom stereocenters. The maximum atomic E-state index is 13.3. The van der Waals surface area contributed by atoms with Gasteiger partial charge in [0.2, 0.25) is 14.9 Å². The van der Waals surface area contributed by atoms with Gasteiger partial charge in [-0.1, -0.05) is 12.1 Å². The van der Waals surface area contributed by atoms with Crippen molar-refractivity contribution in [2.45, 2.75) is 16.1 Å². The van der Waals surface area contributed by atoms with E-state index in [-0.39, 0.29) is 21.4 Å². The van der Waals surface area contributed by atoms with Gasteiger partial charge in [0.25, 0.3) is 0 Å². The van der Waals surface area contributed by atoms with Crippen LogP contribution < -0.4 is 10.1 Å². The number of hydrogen-bond donors (Lipinski definition) is 1. The minimum Gasteiger partial charge on any atom is -0.497 e. The molecule has 0 radical (unpaired) electrons. The van der Waals surface area contributed by atoms with Crippen LogP contribution >= 0.6 is 0 Å². The monoisotopic (exact) mass is 459 g/mol. The molecule has 0 amide bonds. The number of aromatic nitrogens is 2. The Bertz CT molecular complexity index is 1370. The molecule has 0 fully saturated rings. The lowest BCUT2D eigenvalue weighted by molar-refractivity contribution is -0.137. The maximum Gasteiger partial charge on any atom is 0.416 e. The van der Waals surface area contributed by atoms with Crippen LogP contribution in [-0.4, -0.2) is 25.5 Å². The molecule has 0 saturated heterocycles. The van der Waals surface area contributed by atoms with Crippen molar-refractivity contribution >= 4 is 32.4 Å². The zero-order valence-corrected chi connectivity index (χ0v) is 17.4. The molecule has 164 valence electrons. The van der Waals surface area contributed by atoms with Crippen LogP contribution in [0.5, 0.6) is 5.75 Å². The van der Waals surface area contributed by atoms with E-state index in [4.69, 9.17) is 4.74 Å². The summed E-state index contributed by atoms with van der Waals surface area (Å²) < 4.78 is 70.3. The Morgan fingerprint density at radius 1 is 0.844 bits per heavy atom. The number of anilines is 2. The van der Waals surface area contributed by atoms with E-state index in [1.807, 2.05) is 0 Å². The topological polar surface area (TPSA) is 81.2 Å². The Labute approximate surface area is 181 Å². The minimum absolute atomic E-state index is 0.0293. The minimum atomic E-state index is -4.48. The summed E-state index contributed by atoms with van der Waals surface area (Å²) in [6, 6.07) is 16.7. The second-order valence-electron chi connectivity index (χ2n) is 6.75. The van der Waals surface area contributed by atoms with E-state index in [0.717, 1.165) is 12.1 Å². The molecule has 1 N–H and O–H groups in total. The molecule has 10 heteroatoms. The van der Waals surface area contributed by atoms with Crippen molar-refractivity contribution in [3.63, 3.8) is 0 Å². The second-order valence-corrected chi connectivity index (χ2v) is 8.61. The zero-order chi connectivity index (χ0) is 22.9. The van der Waals surface area contributed by atoms with Gasteiger partial charge in [0, 0.05) is 5.69 Å². The molecule has 0 aliphatic carbocycles. The highest BCUT2D eigenvalue weighted by molar-refractivity contribution is 7.91. The Morgan fingerprint density at radius 3 is 2.00 bits per heavy atom. The van der Waals surface area contributed by atoms with Gasteiger partial charge in [-0.3, -0.25) is 0 Å². The molecule has 4 rings (SSSR count). The number of hydrogen-bond acceptors (Lipinski definition) is 6. The number of halogens is 3. The van der Waals surface area contributed by atoms with E-state index >= 15 is 0 Å². The SMILES string of the molecule is COc1ccc(S(=O)(=O)c2nc3ccccc3nc2Nc2ccc(C(F)(F)F)cc2)cc1. The predicted octanol–water partition coefficient (Wildman–Crippen LogP) is 5.23. The highest BCUT2D eigenvalue weighted by Gasteiger charge is 2.30. The first-order valence-electron chi connectivity index (χ1n) is 9.29. The fraction of sp³-hybridized carbons (Fsp3) is 0.0909. The predicted molar refractivity (Wildman–Crippen MR) is 113 cm³/mol. The summed E-state index contributed by atoms with van der Waals surface area (Å²) in [5.41, 5.74) is 0.195. The lowest BCUT2D eigenvalue weighted by Gasteiger charge is -2.13. The number of methoxy groups -OCH3 is 1. The van der Waals surface area contributed by atoms with Gasteiger partial charge in [0.1, 0.15) is 5.75 Å². The van der Waals surface area contributed by atoms with Crippen LogP contribution in [0.25, 0.3) is 11.0 Å². The number of ether oxygens (including phenoxy) is 1. The van der Waals surface area contributed by atoms with Crippen LogP contribution in [-0.2, 0) is 16.0 Å². The fourth-order valence-corrected chi connectivity index (χ4v) is 4.29.